The number of carbonyl (C=O) groups excluding carboxylic acids is 2. The highest BCUT2D eigenvalue weighted by atomic mass is 16.6. The molecule has 0 aliphatic carbocycles. The molecule has 9 nitrogen and oxygen atoms in total. The minimum absolute atomic E-state index is 0.0192. The zero-order valence-electron chi connectivity index (χ0n) is 15.7. The maximum absolute atomic E-state index is 12.0. The number of carbonyl (C=O) groups is 2. The van der Waals surface area contributed by atoms with Gasteiger partial charge in [0.25, 0.3) is 0 Å². The summed E-state index contributed by atoms with van der Waals surface area (Å²) in [6, 6.07) is 0. The van der Waals surface area contributed by atoms with Crippen LogP contribution in [0.5, 0.6) is 0 Å². The first-order valence-corrected chi connectivity index (χ1v) is 8.31. The summed E-state index contributed by atoms with van der Waals surface area (Å²) in [5, 5.41) is 12.1. The predicted molar refractivity (Wildman–Crippen MR) is 93.4 cm³/mol. The number of hydrogen-bond acceptors (Lipinski definition) is 5. The van der Waals surface area contributed by atoms with E-state index in [0.29, 0.717) is 6.54 Å². The maximum Gasteiger partial charge on any atom is 0.407 e. The lowest BCUT2D eigenvalue weighted by molar-refractivity contribution is -0.462. The largest absolute Gasteiger partial charge is 0.462 e. The van der Waals surface area contributed by atoms with Gasteiger partial charge in [0.15, 0.2) is 0 Å². The van der Waals surface area contributed by atoms with Crippen molar-refractivity contribution in [3.8, 4) is 0 Å². The first-order valence-electron chi connectivity index (χ1n) is 8.31. The van der Waals surface area contributed by atoms with Gasteiger partial charge in [0.05, 0.1) is 13.2 Å². The number of alkyl carbamates (subject to hydrolysis) is 1. The van der Waals surface area contributed by atoms with Gasteiger partial charge in [0.2, 0.25) is 0 Å². The quantitative estimate of drug-likeness (QED) is 0.136. The van der Waals surface area contributed by atoms with Gasteiger partial charge >= 0.3 is 18.0 Å². The number of amides is 1. The van der Waals surface area contributed by atoms with Gasteiger partial charge in [-0.05, 0) is 25.2 Å². The van der Waals surface area contributed by atoms with Crippen LogP contribution in [0, 0.1) is 10.8 Å². The van der Waals surface area contributed by atoms with Crippen LogP contribution in [0.4, 0.5) is 4.79 Å². The van der Waals surface area contributed by atoms with Gasteiger partial charge in [0.1, 0.15) is 18.6 Å². The molecule has 7 N–H and O–H groups in total. The molecule has 0 heterocycles. The van der Waals surface area contributed by atoms with E-state index in [4.69, 9.17) is 20.9 Å². The number of esters is 1. The fourth-order valence-corrected chi connectivity index (χ4v) is 1.77. The van der Waals surface area contributed by atoms with Gasteiger partial charge in [-0.3, -0.25) is 21.3 Å². The number of ether oxygens (including phenoxy) is 2. The maximum atomic E-state index is 12.0. The second-order valence-corrected chi connectivity index (χ2v) is 7.40. The van der Waals surface area contributed by atoms with Crippen LogP contribution in [0.25, 0.3) is 0 Å². The van der Waals surface area contributed by atoms with Crippen LogP contribution in [0.1, 0.15) is 40.5 Å². The monoisotopic (exact) mass is 361 g/mol. The Morgan fingerprint density at radius 2 is 1.80 bits per heavy atom. The highest BCUT2D eigenvalue weighted by Gasteiger charge is 2.36. The van der Waals surface area contributed by atoms with E-state index in [2.05, 4.69) is 31.1 Å². The minimum Gasteiger partial charge on any atom is -0.462 e. The standard InChI is InChI=1S/C16H32N4O5/c1-15(2,3)6-5-7-20-14(23)25-11-16(4,10-21)12(22)24-9-8-19-13(17)18/h21H,5-11H2,1-4H3,(H,20,23)(H4,17,18,19)/p+1. The molecule has 146 valence electrons. The molecule has 0 saturated heterocycles. The third kappa shape index (κ3) is 11.2. The molecule has 0 spiro atoms. The Kier molecular flexibility index (Phi) is 9.88. The summed E-state index contributed by atoms with van der Waals surface area (Å²) in [5.74, 6) is -0.652. The molecule has 1 atom stereocenters. The average molecular weight is 361 g/mol. The first-order chi connectivity index (χ1) is 11.5. The smallest absolute Gasteiger partial charge is 0.407 e. The number of nitrogens with two attached hydrogens (primary N) is 2. The van der Waals surface area contributed by atoms with E-state index in [1.807, 2.05) is 0 Å². The van der Waals surface area contributed by atoms with E-state index in [1.54, 1.807) is 0 Å². The molecule has 0 aromatic carbocycles. The first kappa shape index (κ1) is 23.0. The van der Waals surface area contributed by atoms with Crippen LogP contribution in [0.3, 0.4) is 0 Å². The zero-order valence-corrected chi connectivity index (χ0v) is 15.7. The van der Waals surface area contributed by atoms with Crippen molar-refractivity contribution >= 4 is 18.0 Å². The van der Waals surface area contributed by atoms with Crippen LogP contribution in [0.15, 0.2) is 0 Å². The van der Waals surface area contributed by atoms with Crippen LogP contribution in [-0.2, 0) is 14.3 Å². The lowest BCUT2D eigenvalue weighted by atomic mass is 9.91. The van der Waals surface area contributed by atoms with Crippen LogP contribution < -0.4 is 21.8 Å². The van der Waals surface area contributed by atoms with Crippen molar-refractivity contribution in [2.24, 2.45) is 22.3 Å². The van der Waals surface area contributed by atoms with E-state index < -0.39 is 24.1 Å². The highest BCUT2D eigenvalue weighted by molar-refractivity contribution is 5.77. The summed E-state index contributed by atoms with van der Waals surface area (Å²) < 4.78 is 10.0. The molecule has 0 rings (SSSR count). The molecule has 0 saturated carbocycles. The second kappa shape index (κ2) is 10.8. The minimum atomic E-state index is -1.33. The summed E-state index contributed by atoms with van der Waals surface area (Å²) in [5.41, 5.74) is 9.30. The molecular weight excluding hydrogens is 328 g/mol. The lowest BCUT2D eigenvalue weighted by Gasteiger charge is -2.24. The Morgan fingerprint density at radius 3 is 2.32 bits per heavy atom. The van der Waals surface area contributed by atoms with Gasteiger partial charge in [-0.15, -0.1) is 0 Å². The zero-order chi connectivity index (χ0) is 19.5. The third-order valence-corrected chi connectivity index (χ3v) is 3.40. The fourth-order valence-electron chi connectivity index (χ4n) is 1.77. The van der Waals surface area contributed by atoms with Crippen molar-refractivity contribution in [1.82, 2.24) is 5.32 Å². The molecular formula is C16H33N4O5+. The SMILES string of the molecule is CC(C)(C)CCCNC(=O)OCC(C)(CO)C(=O)OCC[NH+]=C(N)N. The van der Waals surface area contributed by atoms with E-state index >= 15 is 0 Å². The Balaban J connectivity index is 4.20. The van der Waals surface area contributed by atoms with E-state index in [-0.39, 0.29) is 31.1 Å². The molecule has 0 aromatic heterocycles. The van der Waals surface area contributed by atoms with Crippen LogP contribution in [0.2, 0.25) is 0 Å². The summed E-state index contributed by atoms with van der Waals surface area (Å²) >= 11 is 0. The van der Waals surface area contributed by atoms with E-state index in [9.17, 15) is 14.7 Å². The number of guanidine groups is 1. The van der Waals surface area contributed by atoms with E-state index in [0.717, 1.165) is 12.8 Å². The van der Waals surface area contributed by atoms with Gasteiger partial charge in [0, 0.05) is 6.54 Å². The van der Waals surface area contributed by atoms with Gasteiger partial charge in [-0.2, -0.15) is 0 Å². The van der Waals surface area contributed by atoms with Gasteiger partial charge in [-0.25, -0.2) is 4.79 Å². The molecule has 0 bridgehead atoms. The number of rotatable bonds is 10. The Labute approximate surface area is 149 Å². The molecule has 0 aromatic rings. The normalized spacial score (nSPS) is 13.5. The highest BCUT2D eigenvalue weighted by Crippen LogP contribution is 2.20. The van der Waals surface area contributed by atoms with Crippen molar-refractivity contribution in [3.63, 3.8) is 0 Å². The van der Waals surface area contributed by atoms with Crippen molar-refractivity contribution in [1.29, 1.82) is 0 Å². The van der Waals surface area contributed by atoms with Crippen molar-refractivity contribution in [2.45, 2.75) is 40.5 Å². The fraction of sp³-hybridized carbons (Fsp3) is 0.812. The third-order valence-electron chi connectivity index (χ3n) is 3.40. The van der Waals surface area contributed by atoms with Crippen LogP contribution in [-0.4, -0.2) is 56.0 Å². The van der Waals surface area contributed by atoms with Crippen LogP contribution >= 0.6 is 0 Å². The van der Waals surface area contributed by atoms with E-state index in [1.165, 1.54) is 6.92 Å². The number of nitrogens with one attached hydrogen (secondary N) is 2. The van der Waals surface area contributed by atoms with Gasteiger partial charge in [-0.1, -0.05) is 20.8 Å². The van der Waals surface area contributed by atoms with Gasteiger partial charge < -0.3 is 19.9 Å². The molecule has 9 heteroatoms. The molecule has 25 heavy (non-hydrogen) atoms. The Morgan fingerprint density at radius 1 is 1.16 bits per heavy atom. The molecule has 1 unspecified atom stereocenters. The molecule has 0 fully saturated rings. The average Bonchev–Trinajstić information content (AvgIpc) is 2.52. The molecule has 0 aliphatic rings. The Hall–Kier alpha value is -2.03. The molecule has 0 aliphatic heterocycles. The number of hydrogen-bond donors (Lipinski definition) is 5. The second-order valence-electron chi connectivity index (χ2n) is 7.40. The number of aliphatic hydroxyl groups is 1. The summed E-state index contributed by atoms with van der Waals surface area (Å²) in [6.45, 7) is 7.78. The predicted octanol–water partition coefficient (Wildman–Crippen LogP) is -1.57. The lowest BCUT2D eigenvalue weighted by Crippen LogP contribution is -2.79. The van der Waals surface area contributed by atoms with Crippen molar-refractivity contribution < 1.29 is 29.2 Å². The molecule has 0 radical (unpaired) electrons. The topological polar surface area (TPSA) is 151 Å². The Bertz CT molecular complexity index is 458. The van der Waals surface area contributed by atoms with Crippen molar-refractivity contribution in [2.75, 3.05) is 32.9 Å². The summed E-state index contributed by atoms with van der Waals surface area (Å²) in [4.78, 5) is 26.3. The summed E-state index contributed by atoms with van der Waals surface area (Å²) in [6.07, 6.45) is 1.16. The van der Waals surface area contributed by atoms with Crippen molar-refractivity contribution in [3.05, 3.63) is 0 Å². The molecule has 1 amide bonds. The summed E-state index contributed by atoms with van der Waals surface area (Å²) in [7, 11) is 0. The number of aliphatic hydroxyl groups excluding tert-OH is 1.